The second kappa shape index (κ2) is 4.62. The molecule has 1 aliphatic rings. The van der Waals surface area contributed by atoms with Crippen LogP contribution in [-0.2, 0) is 5.60 Å². The molecule has 1 fully saturated rings. The summed E-state index contributed by atoms with van der Waals surface area (Å²) in [5, 5.41) is 14.3. The summed E-state index contributed by atoms with van der Waals surface area (Å²) in [7, 11) is 1.58. The molecule has 0 aromatic heterocycles. The molecule has 1 heterocycles. The van der Waals surface area contributed by atoms with Crippen LogP contribution in [0.4, 0.5) is 0 Å². The highest BCUT2D eigenvalue weighted by atomic mass is 35.5. The van der Waals surface area contributed by atoms with E-state index in [1.165, 1.54) is 0 Å². The maximum absolute atomic E-state index is 10.5. The number of piperidine rings is 1. The molecule has 1 aliphatic heterocycles. The molecule has 2 N–H and O–H groups in total. The first-order chi connectivity index (χ1) is 7.65. The zero-order valence-electron chi connectivity index (χ0n) is 9.29. The van der Waals surface area contributed by atoms with Crippen LogP contribution in [0.1, 0.15) is 18.4 Å². The lowest BCUT2D eigenvalue weighted by molar-refractivity contribution is 0.0121. The van der Waals surface area contributed by atoms with Crippen LogP contribution in [0.2, 0.25) is 5.02 Å². The number of hydrogen-bond donors (Lipinski definition) is 2. The number of methoxy groups -OCH3 is 1. The summed E-state index contributed by atoms with van der Waals surface area (Å²) in [6, 6.07) is 5.44. The van der Waals surface area contributed by atoms with Gasteiger partial charge in [-0.05, 0) is 37.1 Å². The summed E-state index contributed by atoms with van der Waals surface area (Å²) < 4.78 is 5.16. The molecular weight excluding hydrogens is 226 g/mol. The topological polar surface area (TPSA) is 41.5 Å². The van der Waals surface area contributed by atoms with Gasteiger partial charge in [-0.2, -0.15) is 0 Å². The van der Waals surface area contributed by atoms with Crippen molar-refractivity contribution in [1.82, 2.24) is 5.32 Å². The van der Waals surface area contributed by atoms with Gasteiger partial charge in [0.2, 0.25) is 0 Å². The second-order valence-corrected chi connectivity index (χ2v) is 4.57. The van der Waals surface area contributed by atoms with E-state index in [1.807, 2.05) is 12.1 Å². The molecule has 1 saturated heterocycles. The van der Waals surface area contributed by atoms with E-state index >= 15 is 0 Å². The Hall–Kier alpha value is -0.770. The van der Waals surface area contributed by atoms with Gasteiger partial charge in [-0.3, -0.25) is 0 Å². The third-order valence-electron chi connectivity index (χ3n) is 3.05. The van der Waals surface area contributed by atoms with E-state index in [4.69, 9.17) is 16.3 Å². The van der Waals surface area contributed by atoms with Crippen LogP contribution in [0.3, 0.4) is 0 Å². The maximum atomic E-state index is 10.5. The molecule has 1 aromatic carbocycles. The summed E-state index contributed by atoms with van der Waals surface area (Å²) in [6.07, 6.45) is 1.74. The molecule has 1 atom stereocenters. The second-order valence-electron chi connectivity index (χ2n) is 4.16. The van der Waals surface area contributed by atoms with Gasteiger partial charge in [0.15, 0.2) is 0 Å². The van der Waals surface area contributed by atoms with Gasteiger partial charge < -0.3 is 15.2 Å². The molecule has 16 heavy (non-hydrogen) atoms. The number of nitrogens with one attached hydrogen (secondary N) is 1. The Morgan fingerprint density at radius 2 is 2.31 bits per heavy atom. The van der Waals surface area contributed by atoms with E-state index in [0.29, 0.717) is 17.3 Å². The lowest BCUT2D eigenvalue weighted by atomic mass is 9.86. The molecule has 3 nitrogen and oxygen atoms in total. The fraction of sp³-hybridized carbons (Fsp3) is 0.500. The van der Waals surface area contributed by atoms with Crippen molar-refractivity contribution in [3.8, 4) is 5.75 Å². The molecule has 1 aromatic rings. The predicted octanol–water partition coefficient (Wildman–Crippen LogP) is 1.92. The van der Waals surface area contributed by atoms with Crippen LogP contribution in [0.5, 0.6) is 5.75 Å². The summed E-state index contributed by atoms with van der Waals surface area (Å²) in [4.78, 5) is 0. The first kappa shape index (κ1) is 11.7. The van der Waals surface area contributed by atoms with E-state index < -0.39 is 5.60 Å². The number of hydrogen-bond acceptors (Lipinski definition) is 3. The van der Waals surface area contributed by atoms with Gasteiger partial charge in [0.1, 0.15) is 11.4 Å². The van der Waals surface area contributed by atoms with Crippen LogP contribution in [0.15, 0.2) is 18.2 Å². The number of halogens is 1. The van der Waals surface area contributed by atoms with Gasteiger partial charge in [0, 0.05) is 6.54 Å². The zero-order chi connectivity index (χ0) is 11.6. The van der Waals surface area contributed by atoms with Crippen molar-refractivity contribution in [2.75, 3.05) is 20.2 Å². The van der Waals surface area contributed by atoms with Gasteiger partial charge in [-0.1, -0.05) is 17.7 Å². The van der Waals surface area contributed by atoms with Gasteiger partial charge in [0.25, 0.3) is 0 Å². The van der Waals surface area contributed by atoms with Crippen molar-refractivity contribution in [1.29, 1.82) is 0 Å². The average Bonchev–Trinajstić information content (AvgIpc) is 2.30. The number of β-amino-alcohol motifs (C(OH)–C–C–N with tert-alkyl or cyclic N) is 1. The monoisotopic (exact) mass is 241 g/mol. The van der Waals surface area contributed by atoms with Crippen LogP contribution >= 0.6 is 11.6 Å². The van der Waals surface area contributed by atoms with Gasteiger partial charge >= 0.3 is 0 Å². The quantitative estimate of drug-likeness (QED) is 0.831. The molecule has 0 amide bonds. The fourth-order valence-electron chi connectivity index (χ4n) is 2.09. The number of rotatable bonds is 2. The minimum absolute atomic E-state index is 0.568. The Balaban J connectivity index is 2.32. The lowest BCUT2D eigenvalue weighted by Crippen LogP contribution is -2.43. The minimum Gasteiger partial charge on any atom is -0.495 e. The van der Waals surface area contributed by atoms with Crippen LogP contribution in [-0.4, -0.2) is 25.3 Å². The van der Waals surface area contributed by atoms with Crippen LogP contribution < -0.4 is 10.1 Å². The summed E-state index contributed by atoms with van der Waals surface area (Å²) >= 11 is 5.96. The average molecular weight is 242 g/mol. The van der Waals surface area contributed by atoms with Crippen LogP contribution in [0.25, 0.3) is 0 Å². The van der Waals surface area contributed by atoms with Crippen molar-refractivity contribution in [3.63, 3.8) is 0 Å². The predicted molar refractivity (Wildman–Crippen MR) is 64.0 cm³/mol. The molecule has 4 heteroatoms. The van der Waals surface area contributed by atoms with Gasteiger partial charge in [-0.15, -0.1) is 0 Å². The SMILES string of the molecule is COc1cc(C2(O)CCCNC2)ccc1Cl. The Kier molecular flexibility index (Phi) is 3.38. The maximum Gasteiger partial charge on any atom is 0.137 e. The number of ether oxygens (including phenoxy) is 1. The number of benzene rings is 1. The van der Waals surface area contributed by atoms with Crippen molar-refractivity contribution in [2.45, 2.75) is 18.4 Å². The van der Waals surface area contributed by atoms with Crippen LogP contribution in [0, 0.1) is 0 Å². The van der Waals surface area contributed by atoms with E-state index in [0.717, 1.165) is 24.9 Å². The highest BCUT2D eigenvalue weighted by Crippen LogP contribution is 2.33. The molecule has 2 rings (SSSR count). The van der Waals surface area contributed by atoms with Crippen molar-refractivity contribution in [3.05, 3.63) is 28.8 Å². The Morgan fingerprint density at radius 1 is 1.50 bits per heavy atom. The highest BCUT2D eigenvalue weighted by molar-refractivity contribution is 6.32. The van der Waals surface area contributed by atoms with E-state index in [2.05, 4.69) is 5.32 Å². The van der Waals surface area contributed by atoms with Crippen molar-refractivity contribution >= 4 is 11.6 Å². The molecule has 0 bridgehead atoms. The number of aliphatic hydroxyl groups is 1. The molecule has 0 radical (unpaired) electrons. The fourth-order valence-corrected chi connectivity index (χ4v) is 2.28. The Bertz CT molecular complexity index is 375. The molecule has 0 aliphatic carbocycles. The summed E-state index contributed by atoms with van der Waals surface area (Å²) in [5.74, 6) is 0.609. The Labute approximate surface area is 100 Å². The lowest BCUT2D eigenvalue weighted by Gasteiger charge is -2.33. The summed E-state index contributed by atoms with van der Waals surface area (Å²) in [5.41, 5.74) is 0.0665. The normalized spacial score (nSPS) is 25.4. The molecule has 1 unspecified atom stereocenters. The van der Waals surface area contributed by atoms with Gasteiger partial charge in [-0.25, -0.2) is 0 Å². The third-order valence-corrected chi connectivity index (χ3v) is 3.36. The zero-order valence-corrected chi connectivity index (χ0v) is 10.0. The third kappa shape index (κ3) is 2.17. The smallest absolute Gasteiger partial charge is 0.137 e. The Morgan fingerprint density at radius 3 is 2.94 bits per heavy atom. The summed E-state index contributed by atoms with van der Waals surface area (Å²) in [6.45, 7) is 1.55. The van der Waals surface area contributed by atoms with Crippen molar-refractivity contribution < 1.29 is 9.84 Å². The molecule has 0 spiro atoms. The first-order valence-electron chi connectivity index (χ1n) is 5.43. The molecule has 88 valence electrons. The van der Waals surface area contributed by atoms with E-state index in [1.54, 1.807) is 13.2 Å². The first-order valence-corrected chi connectivity index (χ1v) is 5.81. The highest BCUT2D eigenvalue weighted by Gasteiger charge is 2.31. The molecule has 0 saturated carbocycles. The van der Waals surface area contributed by atoms with E-state index in [9.17, 15) is 5.11 Å². The molecular formula is C12H16ClNO2. The standard InChI is InChI=1S/C12H16ClNO2/c1-16-11-7-9(3-4-10(11)13)12(15)5-2-6-14-8-12/h3-4,7,14-15H,2,5-6,8H2,1H3. The minimum atomic E-state index is -0.796. The van der Waals surface area contributed by atoms with Gasteiger partial charge in [0.05, 0.1) is 12.1 Å². The van der Waals surface area contributed by atoms with E-state index in [-0.39, 0.29) is 0 Å². The van der Waals surface area contributed by atoms with Crippen molar-refractivity contribution in [2.24, 2.45) is 0 Å². The largest absolute Gasteiger partial charge is 0.495 e.